The van der Waals surface area contributed by atoms with Crippen molar-refractivity contribution in [3.05, 3.63) is 59.4 Å². The number of rotatable bonds is 3. The van der Waals surface area contributed by atoms with Crippen LogP contribution in [0.1, 0.15) is 16.7 Å². The van der Waals surface area contributed by atoms with Crippen molar-refractivity contribution < 1.29 is 0 Å². The molecule has 0 amide bonds. The van der Waals surface area contributed by atoms with Crippen LogP contribution >= 0.6 is 0 Å². The SMILES string of the molecule is Cc1ccc(NCc2cccnc2)c(C)c1. The van der Waals surface area contributed by atoms with Crippen molar-refractivity contribution in [2.75, 3.05) is 5.32 Å². The van der Waals surface area contributed by atoms with E-state index in [1.54, 1.807) is 6.20 Å². The number of nitrogens with zero attached hydrogens (tertiary/aromatic N) is 1. The number of hydrogen-bond donors (Lipinski definition) is 1. The van der Waals surface area contributed by atoms with Crippen molar-refractivity contribution in [3.8, 4) is 0 Å². The number of hydrogen-bond acceptors (Lipinski definition) is 2. The molecule has 2 rings (SSSR count). The third-order valence-corrected chi connectivity index (χ3v) is 2.59. The lowest BCUT2D eigenvalue weighted by Gasteiger charge is -2.09. The molecule has 0 spiro atoms. The molecule has 1 aromatic carbocycles. The first-order valence-electron chi connectivity index (χ1n) is 5.46. The lowest BCUT2D eigenvalue weighted by Crippen LogP contribution is -2.01. The molecule has 0 saturated carbocycles. The Hall–Kier alpha value is -1.83. The van der Waals surface area contributed by atoms with Crippen LogP contribution in [0.25, 0.3) is 0 Å². The molecular weight excluding hydrogens is 196 g/mol. The molecule has 0 radical (unpaired) electrons. The molecule has 1 heterocycles. The van der Waals surface area contributed by atoms with E-state index in [1.807, 2.05) is 12.3 Å². The average Bonchev–Trinajstić information content (AvgIpc) is 2.29. The molecule has 0 atom stereocenters. The molecule has 0 aliphatic heterocycles. The van der Waals surface area contributed by atoms with E-state index in [0.29, 0.717) is 0 Å². The highest BCUT2D eigenvalue weighted by Gasteiger charge is 1.98. The minimum atomic E-state index is 0.817. The Morgan fingerprint density at radius 1 is 1.19 bits per heavy atom. The van der Waals surface area contributed by atoms with Crippen LogP contribution in [0, 0.1) is 13.8 Å². The molecule has 0 fully saturated rings. The molecule has 0 aliphatic carbocycles. The van der Waals surface area contributed by atoms with E-state index in [-0.39, 0.29) is 0 Å². The smallest absolute Gasteiger partial charge is 0.0416 e. The quantitative estimate of drug-likeness (QED) is 0.844. The number of nitrogens with one attached hydrogen (secondary N) is 1. The third-order valence-electron chi connectivity index (χ3n) is 2.59. The number of aryl methyl sites for hydroxylation is 2. The summed E-state index contributed by atoms with van der Waals surface area (Å²) in [6, 6.07) is 10.5. The molecule has 1 N–H and O–H groups in total. The predicted molar refractivity (Wildman–Crippen MR) is 67.5 cm³/mol. The summed E-state index contributed by atoms with van der Waals surface area (Å²) in [7, 11) is 0. The minimum Gasteiger partial charge on any atom is -0.381 e. The van der Waals surface area contributed by atoms with Gasteiger partial charge in [-0.25, -0.2) is 0 Å². The highest BCUT2D eigenvalue weighted by Crippen LogP contribution is 2.16. The van der Waals surface area contributed by atoms with Crippen LogP contribution < -0.4 is 5.32 Å². The zero-order chi connectivity index (χ0) is 11.4. The van der Waals surface area contributed by atoms with Gasteiger partial charge in [-0.15, -0.1) is 0 Å². The largest absolute Gasteiger partial charge is 0.381 e. The summed E-state index contributed by atoms with van der Waals surface area (Å²) in [6.07, 6.45) is 3.68. The van der Waals surface area contributed by atoms with Gasteiger partial charge in [0.15, 0.2) is 0 Å². The van der Waals surface area contributed by atoms with Crippen molar-refractivity contribution in [2.24, 2.45) is 0 Å². The van der Waals surface area contributed by atoms with Crippen LogP contribution in [-0.2, 0) is 6.54 Å². The third kappa shape index (κ3) is 2.60. The average molecular weight is 212 g/mol. The molecule has 82 valence electrons. The molecule has 0 unspecified atom stereocenters. The predicted octanol–water partition coefficient (Wildman–Crippen LogP) is 3.31. The summed E-state index contributed by atoms with van der Waals surface area (Å²) < 4.78 is 0. The lowest BCUT2D eigenvalue weighted by molar-refractivity contribution is 1.11. The van der Waals surface area contributed by atoms with Crippen molar-refractivity contribution >= 4 is 5.69 Å². The fourth-order valence-electron chi connectivity index (χ4n) is 1.71. The molecule has 0 saturated heterocycles. The summed E-state index contributed by atoms with van der Waals surface area (Å²) in [5, 5.41) is 3.42. The van der Waals surface area contributed by atoms with E-state index < -0.39 is 0 Å². The maximum Gasteiger partial charge on any atom is 0.0416 e. The molecule has 16 heavy (non-hydrogen) atoms. The lowest BCUT2D eigenvalue weighted by atomic mass is 10.1. The van der Waals surface area contributed by atoms with Crippen molar-refractivity contribution in [1.29, 1.82) is 0 Å². The number of benzene rings is 1. The Bertz CT molecular complexity index is 463. The van der Waals surface area contributed by atoms with E-state index in [4.69, 9.17) is 0 Å². The Kier molecular flexibility index (Phi) is 3.20. The zero-order valence-corrected chi connectivity index (χ0v) is 9.70. The fraction of sp³-hybridized carbons (Fsp3) is 0.214. The topological polar surface area (TPSA) is 24.9 Å². The van der Waals surface area contributed by atoms with Gasteiger partial charge in [0.2, 0.25) is 0 Å². The second kappa shape index (κ2) is 4.79. The first-order valence-corrected chi connectivity index (χ1v) is 5.46. The van der Waals surface area contributed by atoms with Crippen LogP contribution in [0.15, 0.2) is 42.7 Å². The molecule has 2 heteroatoms. The highest BCUT2D eigenvalue weighted by molar-refractivity contribution is 5.52. The summed E-state index contributed by atoms with van der Waals surface area (Å²) in [5.41, 5.74) is 4.96. The normalized spacial score (nSPS) is 10.1. The van der Waals surface area contributed by atoms with Gasteiger partial charge in [-0.3, -0.25) is 4.98 Å². The fourth-order valence-corrected chi connectivity index (χ4v) is 1.71. The van der Waals surface area contributed by atoms with Gasteiger partial charge in [-0.2, -0.15) is 0 Å². The summed E-state index contributed by atoms with van der Waals surface area (Å²) in [4.78, 5) is 4.09. The van der Waals surface area contributed by atoms with Crippen molar-refractivity contribution in [2.45, 2.75) is 20.4 Å². The van der Waals surface area contributed by atoms with Gasteiger partial charge in [0.1, 0.15) is 0 Å². The Morgan fingerprint density at radius 2 is 2.06 bits per heavy atom. The maximum atomic E-state index is 4.09. The first-order chi connectivity index (χ1) is 7.75. The second-order valence-electron chi connectivity index (χ2n) is 4.03. The second-order valence-corrected chi connectivity index (χ2v) is 4.03. The van der Waals surface area contributed by atoms with Crippen LogP contribution in [0.3, 0.4) is 0 Å². The molecular formula is C14H16N2. The van der Waals surface area contributed by atoms with Crippen molar-refractivity contribution in [3.63, 3.8) is 0 Å². The highest BCUT2D eigenvalue weighted by atomic mass is 14.9. The van der Waals surface area contributed by atoms with E-state index in [2.05, 4.69) is 48.4 Å². The standard InChI is InChI=1S/C14H16N2/c1-11-5-6-14(12(2)8-11)16-10-13-4-3-7-15-9-13/h3-9,16H,10H2,1-2H3. The minimum absolute atomic E-state index is 0.817. The molecule has 0 bridgehead atoms. The maximum absolute atomic E-state index is 4.09. The summed E-state index contributed by atoms with van der Waals surface area (Å²) in [6.45, 7) is 5.05. The van der Waals surface area contributed by atoms with Gasteiger partial charge >= 0.3 is 0 Å². The molecule has 0 aliphatic rings. The van der Waals surface area contributed by atoms with Crippen LogP contribution in [0.5, 0.6) is 0 Å². The molecule has 2 aromatic rings. The number of pyridine rings is 1. The van der Waals surface area contributed by atoms with E-state index >= 15 is 0 Å². The molecule has 1 aromatic heterocycles. The van der Waals surface area contributed by atoms with Crippen molar-refractivity contribution in [1.82, 2.24) is 4.98 Å². The van der Waals surface area contributed by atoms with Crippen LogP contribution in [0.2, 0.25) is 0 Å². The van der Waals surface area contributed by atoms with Gasteiger partial charge in [0.05, 0.1) is 0 Å². The first kappa shape index (κ1) is 10.7. The summed E-state index contributed by atoms with van der Waals surface area (Å²) >= 11 is 0. The Morgan fingerprint density at radius 3 is 2.75 bits per heavy atom. The van der Waals surface area contributed by atoms with E-state index in [9.17, 15) is 0 Å². The van der Waals surface area contributed by atoms with Gasteiger partial charge in [0, 0.05) is 24.6 Å². The van der Waals surface area contributed by atoms with Gasteiger partial charge in [0.25, 0.3) is 0 Å². The van der Waals surface area contributed by atoms with Gasteiger partial charge in [-0.05, 0) is 37.1 Å². The molecule has 2 nitrogen and oxygen atoms in total. The van der Waals surface area contributed by atoms with Crippen LogP contribution in [-0.4, -0.2) is 4.98 Å². The zero-order valence-electron chi connectivity index (χ0n) is 9.70. The Labute approximate surface area is 96.4 Å². The number of anilines is 1. The van der Waals surface area contributed by atoms with E-state index in [0.717, 1.165) is 6.54 Å². The monoisotopic (exact) mass is 212 g/mol. The van der Waals surface area contributed by atoms with E-state index in [1.165, 1.54) is 22.4 Å². The number of aromatic nitrogens is 1. The van der Waals surface area contributed by atoms with Gasteiger partial charge in [-0.1, -0.05) is 23.8 Å². The Balaban J connectivity index is 2.05. The summed E-state index contributed by atoms with van der Waals surface area (Å²) in [5.74, 6) is 0. The van der Waals surface area contributed by atoms with Crippen LogP contribution in [0.4, 0.5) is 5.69 Å². The van der Waals surface area contributed by atoms with Gasteiger partial charge < -0.3 is 5.32 Å².